The normalized spacial score (nSPS) is 11.3. The van der Waals surface area contributed by atoms with E-state index in [1.165, 1.54) is 191 Å². The van der Waals surface area contributed by atoms with Crippen LogP contribution >= 0.6 is 0 Å². The van der Waals surface area contributed by atoms with Crippen LogP contribution in [-0.4, -0.2) is 50.1 Å². The van der Waals surface area contributed by atoms with Gasteiger partial charge in [-0.3, -0.25) is 9.59 Å². The summed E-state index contributed by atoms with van der Waals surface area (Å²) >= 11 is 0. The fourth-order valence-electron chi connectivity index (χ4n) is 8.46. The largest absolute Gasteiger partial charge is 0.507 e. The predicted molar refractivity (Wildman–Crippen MR) is 269 cm³/mol. The first kappa shape index (κ1) is 55.0. The van der Waals surface area contributed by atoms with Crippen molar-refractivity contribution in [2.45, 2.75) is 219 Å². The standard InChI is InChI=1S/C53H88N8O4/c1-3-5-7-9-11-13-15-17-19-21-23-25-27-29-31-37-43-59(44-38-32-30-28-26-24-22-20-18-16-14-12-10-8-6-4-2)51-56-52(60(54)49(64)45-39-33-35-41-47(45)62)58-53(57-51)61(55)50(65)46-40-34-36-42-48(46)63/h33-36,39-42,62-63H,3-32,37-38,43-44,54-55H2,1-2H3. The maximum Gasteiger partial charge on any atom is 0.278 e. The number of aromatic hydroxyl groups is 2. The molecule has 0 bridgehead atoms. The number of rotatable bonds is 39. The molecule has 364 valence electrons. The topological polar surface area (TPSA) is 175 Å². The zero-order valence-corrected chi connectivity index (χ0v) is 40.7. The summed E-state index contributed by atoms with van der Waals surface area (Å²) < 4.78 is 0. The van der Waals surface area contributed by atoms with Crippen LogP contribution in [0, 0.1) is 0 Å². The van der Waals surface area contributed by atoms with E-state index in [1.807, 2.05) is 0 Å². The summed E-state index contributed by atoms with van der Waals surface area (Å²) in [7, 11) is 0. The molecular weight excluding hydrogens is 813 g/mol. The molecule has 0 unspecified atom stereocenters. The molecule has 65 heavy (non-hydrogen) atoms. The van der Waals surface area contributed by atoms with E-state index in [9.17, 15) is 19.8 Å². The van der Waals surface area contributed by atoms with Crippen molar-refractivity contribution in [3.63, 3.8) is 0 Å². The molecule has 12 heteroatoms. The number of hydrazine groups is 2. The predicted octanol–water partition coefficient (Wildman–Crippen LogP) is 13.7. The fourth-order valence-corrected chi connectivity index (χ4v) is 8.46. The van der Waals surface area contributed by atoms with Crippen molar-refractivity contribution >= 4 is 29.7 Å². The number of phenols is 2. The molecule has 6 N–H and O–H groups in total. The third kappa shape index (κ3) is 22.6. The van der Waals surface area contributed by atoms with Crippen LogP contribution in [-0.2, 0) is 0 Å². The SMILES string of the molecule is CCCCCCCCCCCCCCCCCCN(CCCCCCCCCCCCCCCCCC)c1nc(N(N)C(=O)c2ccccc2O)nc(N(N)C(=O)c2ccccc2O)n1. The molecule has 0 aliphatic carbocycles. The highest BCUT2D eigenvalue weighted by molar-refractivity contribution is 6.07. The van der Waals surface area contributed by atoms with E-state index in [0.717, 1.165) is 48.5 Å². The number of unbranched alkanes of at least 4 members (excludes halogenated alkanes) is 30. The van der Waals surface area contributed by atoms with Crippen LogP contribution in [0.4, 0.5) is 17.8 Å². The highest BCUT2D eigenvalue weighted by Gasteiger charge is 2.27. The van der Waals surface area contributed by atoms with Crippen molar-refractivity contribution in [3.05, 3.63) is 59.7 Å². The molecule has 0 fully saturated rings. The number of carbonyl (C=O) groups excluding carboxylic acids is 2. The second-order valence-corrected chi connectivity index (χ2v) is 18.2. The monoisotopic (exact) mass is 901 g/mol. The van der Waals surface area contributed by atoms with Crippen LogP contribution < -0.4 is 26.6 Å². The van der Waals surface area contributed by atoms with Gasteiger partial charge in [-0.2, -0.15) is 15.0 Å². The van der Waals surface area contributed by atoms with E-state index < -0.39 is 11.8 Å². The number of nitrogens with two attached hydrogens (primary N) is 2. The first-order chi connectivity index (χ1) is 31.8. The van der Waals surface area contributed by atoms with Gasteiger partial charge in [-0.05, 0) is 37.1 Å². The van der Waals surface area contributed by atoms with Crippen molar-refractivity contribution in [1.29, 1.82) is 0 Å². The minimum atomic E-state index is -0.746. The number of benzene rings is 2. The minimum Gasteiger partial charge on any atom is -0.507 e. The number of para-hydroxylation sites is 2. The number of hydrogen-bond acceptors (Lipinski definition) is 10. The Morgan fingerprint density at radius 2 is 0.646 bits per heavy atom. The smallest absolute Gasteiger partial charge is 0.278 e. The number of phenolic OH excluding ortho intramolecular Hbond substituents is 2. The molecule has 12 nitrogen and oxygen atoms in total. The third-order valence-electron chi connectivity index (χ3n) is 12.6. The van der Waals surface area contributed by atoms with Gasteiger partial charge < -0.3 is 15.1 Å². The lowest BCUT2D eigenvalue weighted by molar-refractivity contribution is 0.0977. The third-order valence-corrected chi connectivity index (χ3v) is 12.6. The number of anilines is 3. The Morgan fingerprint density at radius 1 is 0.400 bits per heavy atom. The van der Waals surface area contributed by atoms with Crippen molar-refractivity contribution in [2.75, 3.05) is 28.0 Å². The van der Waals surface area contributed by atoms with Crippen LogP contribution in [0.25, 0.3) is 0 Å². The molecule has 2 amide bonds. The molecule has 0 aliphatic heterocycles. The Balaban J connectivity index is 1.62. The summed E-state index contributed by atoms with van der Waals surface area (Å²) in [6.45, 7) is 5.87. The van der Waals surface area contributed by atoms with Gasteiger partial charge in [0.1, 0.15) is 11.5 Å². The first-order valence-electron chi connectivity index (χ1n) is 26.0. The van der Waals surface area contributed by atoms with Gasteiger partial charge in [-0.1, -0.05) is 231 Å². The number of hydrogen-bond donors (Lipinski definition) is 4. The minimum absolute atomic E-state index is 0.0356. The Kier molecular flexibility index (Phi) is 29.6. The van der Waals surface area contributed by atoms with Gasteiger partial charge in [-0.15, -0.1) is 0 Å². The lowest BCUT2D eigenvalue weighted by Crippen LogP contribution is -2.42. The average Bonchev–Trinajstić information content (AvgIpc) is 3.32. The van der Waals surface area contributed by atoms with Crippen molar-refractivity contribution in [2.24, 2.45) is 11.7 Å². The molecule has 0 saturated carbocycles. The number of aromatic nitrogens is 3. The lowest BCUT2D eigenvalue weighted by Gasteiger charge is -2.26. The number of nitrogens with zero attached hydrogens (tertiary/aromatic N) is 6. The molecule has 2 aromatic carbocycles. The van der Waals surface area contributed by atoms with Gasteiger partial charge in [0.15, 0.2) is 0 Å². The molecule has 0 spiro atoms. The van der Waals surface area contributed by atoms with Crippen LogP contribution in [0.5, 0.6) is 11.5 Å². The van der Waals surface area contributed by atoms with E-state index in [4.69, 9.17) is 11.7 Å². The van der Waals surface area contributed by atoms with Gasteiger partial charge >= 0.3 is 0 Å². The van der Waals surface area contributed by atoms with E-state index >= 15 is 0 Å². The van der Waals surface area contributed by atoms with Gasteiger partial charge in [0.2, 0.25) is 5.95 Å². The van der Waals surface area contributed by atoms with Crippen molar-refractivity contribution in [1.82, 2.24) is 15.0 Å². The molecule has 0 atom stereocenters. The van der Waals surface area contributed by atoms with Crippen LogP contribution in [0.1, 0.15) is 240 Å². The van der Waals surface area contributed by atoms with Crippen LogP contribution in [0.15, 0.2) is 48.5 Å². The molecule has 1 aromatic heterocycles. The van der Waals surface area contributed by atoms with E-state index in [-0.39, 0.29) is 40.5 Å². The van der Waals surface area contributed by atoms with Crippen LogP contribution in [0.2, 0.25) is 0 Å². The molecule has 3 rings (SSSR count). The molecule has 1 heterocycles. The summed E-state index contributed by atoms with van der Waals surface area (Å²) in [6, 6.07) is 12.2. The fraction of sp³-hybridized carbons (Fsp3) is 0.679. The first-order valence-corrected chi connectivity index (χ1v) is 26.0. The molecule has 0 saturated heterocycles. The van der Waals surface area contributed by atoms with Gasteiger partial charge in [0.25, 0.3) is 23.7 Å². The van der Waals surface area contributed by atoms with Gasteiger partial charge in [0, 0.05) is 13.1 Å². The van der Waals surface area contributed by atoms with E-state index in [1.54, 1.807) is 24.3 Å². The van der Waals surface area contributed by atoms with E-state index in [2.05, 4.69) is 33.7 Å². The Labute approximate surface area is 393 Å². The average molecular weight is 901 g/mol. The highest BCUT2D eigenvalue weighted by atomic mass is 16.3. The highest BCUT2D eigenvalue weighted by Crippen LogP contribution is 2.25. The Hall–Kier alpha value is -4.29. The van der Waals surface area contributed by atoms with Crippen molar-refractivity contribution < 1.29 is 19.8 Å². The molecule has 0 radical (unpaired) electrons. The molecule has 0 aliphatic rings. The Morgan fingerprint density at radius 3 is 0.923 bits per heavy atom. The number of amides is 2. The lowest BCUT2D eigenvalue weighted by atomic mass is 10.0. The Bertz CT molecular complexity index is 1590. The zero-order chi connectivity index (χ0) is 46.7. The summed E-state index contributed by atoms with van der Waals surface area (Å²) in [4.78, 5) is 43.0. The van der Waals surface area contributed by atoms with Gasteiger partial charge in [0.05, 0.1) is 11.1 Å². The quantitative estimate of drug-likeness (QED) is 0.0187. The second-order valence-electron chi connectivity index (χ2n) is 18.2. The van der Waals surface area contributed by atoms with Gasteiger partial charge in [-0.25, -0.2) is 21.7 Å². The summed E-state index contributed by atoms with van der Waals surface area (Å²) in [6.07, 6.45) is 41.1. The molecule has 3 aromatic rings. The van der Waals surface area contributed by atoms with E-state index in [0.29, 0.717) is 13.1 Å². The maximum atomic E-state index is 13.6. The van der Waals surface area contributed by atoms with Crippen LogP contribution in [0.3, 0.4) is 0 Å². The number of carbonyl (C=O) groups is 2. The summed E-state index contributed by atoms with van der Waals surface area (Å²) in [5.74, 6) is 10.6. The van der Waals surface area contributed by atoms with Crippen molar-refractivity contribution in [3.8, 4) is 11.5 Å². The maximum absolute atomic E-state index is 13.6. The molecular formula is C53H88N8O4. The summed E-state index contributed by atoms with van der Waals surface area (Å²) in [5.41, 5.74) is -0.0711. The zero-order valence-electron chi connectivity index (χ0n) is 40.7. The second kappa shape index (κ2) is 35.0. The summed E-state index contributed by atoms with van der Waals surface area (Å²) in [5, 5.41) is 22.4.